The van der Waals surface area contributed by atoms with E-state index in [0.717, 1.165) is 12.8 Å². The SMILES string of the molecule is CC1=c2c(=O)[nH]c(=O)n(C3CC3)c2=C(C)C(N2CC(F)C(C(N)CO)C2)C1F. The number of aromatic nitrogens is 2. The van der Waals surface area contributed by atoms with Gasteiger partial charge in [0.1, 0.15) is 12.3 Å². The Hall–Kier alpha value is -1.84. The summed E-state index contributed by atoms with van der Waals surface area (Å²) < 4.78 is 31.6. The van der Waals surface area contributed by atoms with Crippen LogP contribution in [0.15, 0.2) is 9.59 Å². The van der Waals surface area contributed by atoms with Crippen LogP contribution in [0.4, 0.5) is 8.78 Å². The number of aliphatic hydroxyl groups is 1. The van der Waals surface area contributed by atoms with Gasteiger partial charge >= 0.3 is 5.69 Å². The zero-order valence-electron chi connectivity index (χ0n) is 16.0. The fourth-order valence-corrected chi connectivity index (χ4v) is 4.76. The number of rotatable bonds is 4. The van der Waals surface area contributed by atoms with Gasteiger partial charge in [0.05, 0.1) is 23.2 Å². The molecule has 0 bridgehead atoms. The zero-order valence-corrected chi connectivity index (χ0v) is 16.0. The Bertz CT molecular complexity index is 1030. The highest BCUT2D eigenvalue weighted by molar-refractivity contribution is 5.62. The molecule has 5 atom stereocenters. The van der Waals surface area contributed by atoms with Crippen molar-refractivity contribution in [3.8, 4) is 0 Å². The van der Waals surface area contributed by atoms with Gasteiger partial charge in [-0.15, -0.1) is 0 Å². The van der Waals surface area contributed by atoms with E-state index in [1.165, 1.54) is 0 Å². The van der Waals surface area contributed by atoms with Crippen LogP contribution in [0, 0.1) is 5.92 Å². The number of H-pyrrole nitrogens is 1. The number of nitrogens with two attached hydrogens (primary N) is 1. The second kappa shape index (κ2) is 6.89. The first-order chi connectivity index (χ1) is 13.3. The summed E-state index contributed by atoms with van der Waals surface area (Å²) in [5.41, 5.74) is 5.58. The first-order valence-corrected chi connectivity index (χ1v) is 9.71. The fraction of sp³-hybridized carbons (Fsp3) is 0.684. The van der Waals surface area contributed by atoms with E-state index in [0.29, 0.717) is 10.9 Å². The van der Waals surface area contributed by atoms with Crippen LogP contribution in [-0.4, -0.2) is 63.7 Å². The van der Waals surface area contributed by atoms with Gasteiger partial charge in [-0.3, -0.25) is 19.2 Å². The molecule has 2 aliphatic carbocycles. The molecule has 3 aliphatic rings. The van der Waals surface area contributed by atoms with Crippen molar-refractivity contribution < 1.29 is 13.9 Å². The van der Waals surface area contributed by atoms with Gasteiger partial charge in [-0.1, -0.05) is 0 Å². The molecule has 0 spiro atoms. The molecule has 1 saturated carbocycles. The van der Waals surface area contributed by atoms with E-state index in [4.69, 9.17) is 5.73 Å². The summed E-state index contributed by atoms with van der Waals surface area (Å²) in [7, 11) is 0. The number of nitrogens with one attached hydrogen (secondary N) is 1. The van der Waals surface area contributed by atoms with Crippen LogP contribution < -0.4 is 27.6 Å². The number of likely N-dealkylation sites (tertiary alicyclic amines) is 1. The second-order valence-electron chi connectivity index (χ2n) is 8.28. The summed E-state index contributed by atoms with van der Waals surface area (Å²) in [6.45, 7) is 3.15. The predicted octanol–water partition coefficient (Wildman–Crippen LogP) is -1.48. The Morgan fingerprint density at radius 1 is 1.21 bits per heavy atom. The third-order valence-corrected chi connectivity index (χ3v) is 6.43. The molecule has 1 aromatic heterocycles. The summed E-state index contributed by atoms with van der Waals surface area (Å²) in [5.74, 6) is -0.587. The number of hydrogen-bond acceptors (Lipinski definition) is 5. The Balaban J connectivity index is 1.88. The Morgan fingerprint density at radius 3 is 2.50 bits per heavy atom. The number of alkyl halides is 2. The smallest absolute Gasteiger partial charge is 0.329 e. The van der Waals surface area contributed by atoms with E-state index < -0.39 is 41.6 Å². The summed E-state index contributed by atoms with van der Waals surface area (Å²) in [4.78, 5) is 28.9. The molecule has 0 aromatic carbocycles. The topological polar surface area (TPSA) is 104 Å². The van der Waals surface area contributed by atoms with Crippen molar-refractivity contribution >= 4 is 11.1 Å². The van der Waals surface area contributed by atoms with Gasteiger partial charge in [0.2, 0.25) is 0 Å². The first kappa shape index (κ1) is 19.5. The number of aromatic amines is 1. The Labute approximate surface area is 160 Å². The maximum atomic E-state index is 15.4. The van der Waals surface area contributed by atoms with E-state index in [-0.39, 0.29) is 36.5 Å². The Morgan fingerprint density at radius 2 is 1.89 bits per heavy atom. The monoisotopic (exact) mass is 396 g/mol. The molecule has 154 valence electrons. The van der Waals surface area contributed by atoms with Crippen LogP contribution in [0.2, 0.25) is 0 Å². The van der Waals surface area contributed by atoms with Crippen molar-refractivity contribution in [1.29, 1.82) is 0 Å². The van der Waals surface area contributed by atoms with E-state index in [1.807, 2.05) is 0 Å². The number of fused-ring (bicyclic) bond motifs is 1. The third-order valence-electron chi connectivity index (χ3n) is 6.43. The van der Waals surface area contributed by atoms with Crippen LogP contribution >= 0.6 is 0 Å². The van der Waals surface area contributed by atoms with Crippen molar-refractivity contribution in [3.05, 3.63) is 31.4 Å². The minimum Gasteiger partial charge on any atom is -0.395 e. The molecule has 0 amide bonds. The van der Waals surface area contributed by atoms with Gasteiger partial charge in [-0.2, -0.15) is 0 Å². The normalized spacial score (nSPS) is 31.9. The molecule has 28 heavy (non-hydrogen) atoms. The van der Waals surface area contributed by atoms with Crippen LogP contribution in [0.1, 0.15) is 32.7 Å². The van der Waals surface area contributed by atoms with Crippen LogP contribution in [0.5, 0.6) is 0 Å². The molecule has 4 rings (SSSR count). The minimum absolute atomic E-state index is 0.000256. The standard InChI is InChI=1S/C19H26F2N4O3/c1-8-14-16(25(10-3-4-10)19(28)23-18(14)27)9(2)17(15(8)21)24-5-11(12(20)6-24)13(22)7-26/h10-13,15,17,26H,3-7,22H2,1-2H3,(H,23,27,28). The number of nitrogens with zero attached hydrogens (tertiary/aromatic N) is 2. The average Bonchev–Trinajstić information content (AvgIpc) is 3.40. The van der Waals surface area contributed by atoms with Crippen LogP contribution in [0.25, 0.3) is 11.1 Å². The van der Waals surface area contributed by atoms with Crippen molar-refractivity contribution in [3.63, 3.8) is 0 Å². The van der Waals surface area contributed by atoms with E-state index >= 15 is 4.39 Å². The molecular formula is C19H26F2N4O3. The van der Waals surface area contributed by atoms with Gasteiger partial charge in [0.25, 0.3) is 5.56 Å². The molecule has 4 N–H and O–H groups in total. The maximum absolute atomic E-state index is 15.4. The maximum Gasteiger partial charge on any atom is 0.329 e. The molecule has 1 aromatic rings. The molecule has 9 heteroatoms. The summed E-state index contributed by atoms with van der Waals surface area (Å²) in [6, 6.07) is -1.49. The molecule has 7 nitrogen and oxygen atoms in total. The second-order valence-corrected chi connectivity index (χ2v) is 8.28. The van der Waals surface area contributed by atoms with Gasteiger partial charge in [0.15, 0.2) is 0 Å². The highest BCUT2D eigenvalue weighted by atomic mass is 19.1. The molecule has 1 saturated heterocycles. The quantitative estimate of drug-likeness (QED) is 0.576. The van der Waals surface area contributed by atoms with Crippen molar-refractivity contribution in [2.24, 2.45) is 11.7 Å². The van der Waals surface area contributed by atoms with E-state index in [9.17, 15) is 19.1 Å². The van der Waals surface area contributed by atoms with Crippen LogP contribution in [0.3, 0.4) is 0 Å². The molecule has 5 unspecified atom stereocenters. The lowest BCUT2D eigenvalue weighted by Crippen LogP contribution is -2.61. The fourth-order valence-electron chi connectivity index (χ4n) is 4.76. The van der Waals surface area contributed by atoms with Gasteiger partial charge in [0, 0.05) is 31.1 Å². The molecule has 1 aliphatic heterocycles. The highest BCUT2D eigenvalue weighted by Crippen LogP contribution is 2.34. The van der Waals surface area contributed by atoms with Crippen molar-refractivity contribution in [1.82, 2.24) is 14.5 Å². The van der Waals surface area contributed by atoms with E-state index in [1.54, 1.807) is 23.3 Å². The van der Waals surface area contributed by atoms with E-state index in [2.05, 4.69) is 4.98 Å². The highest BCUT2D eigenvalue weighted by Gasteiger charge is 2.44. The largest absolute Gasteiger partial charge is 0.395 e. The lowest BCUT2D eigenvalue weighted by molar-refractivity contribution is 0.180. The average molecular weight is 396 g/mol. The van der Waals surface area contributed by atoms with Crippen molar-refractivity contribution in [2.45, 2.75) is 57.2 Å². The minimum atomic E-state index is -1.49. The van der Waals surface area contributed by atoms with Gasteiger partial charge in [-0.25, -0.2) is 13.6 Å². The molecular weight excluding hydrogens is 370 g/mol. The predicted molar refractivity (Wildman–Crippen MR) is 101 cm³/mol. The lowest BCUT2D eigenvalue weighted by atomic mass is 9.90. The van der Waals surface area contributed by atoms with Crippen molar-refractivity contribution in [2.75, 3.05) is 19.7 Å². The number of hydrogen-bond donors (Lipinski definition) is 3. The summed E-state index contributed by atoms with van der Waals surface area (Å²) >= 11 is 0. The zero-order chi connectivity index (χ0) is 20.3. The van der Waals surface area contributed by atoms with Crippen LogP contribution in [-0.2, 0) is 0 Å². The lowest BCUT2D eigenvalue weighted by Gasteiger charge is -2.34. The van der Waals surface area contributed by atoms with Gasteiger partial charge in [-0.05, 0) is 37.8 Å². The number of halogens is 2. The summed E-state index contributed by atoms with van der Waals surface area (Å²) in [6.07, 6.45) is -1.10. The summed E-state index contributed by atoms with van der Waals surface area (Å²) in [5, 5.41) is 9.97. The Kier molecular flexibility index (Phi) is 4.79. The number of aliphatic hydroxyl groups excluding tert-OH is 1. The molecule has 2 heterocycles. The third kappa shape index (κ3) is 2.87. The molecule has 0 radical (unpaired) electrons. The van der Waals surface area contributed by atoms with Gasteiger partial charge < -0.3 is 10.8 Å². The molecule has 2 fully saturated rings. The first-order valence-electron chi connectivity index (χ1n) is 9.71.